The number of carbonyl (C=O) groups excluding carboxylic acids is 1. The fourth-order valence-electron chi connectivity index (χ4n) is 2.95. The van der Waals surface area contributed by atoms with Crippen LogP contribution in [0.1, 0.15) is 28.9 Å². The number of hydrogen-bond donors (Lipinski definition) is 1. The predicted molar refractivity (Wildman–Crippen MR) is 114 cm³/mol. The monoisotopic (exact) mass is 400 g/mol. The van der Waals surface area contributed by atoms with E-state index >= 15 is 0 Å². The first-order valence-corrected chi connectivity index (χ1v) is 10.1. The number of carbonyl (C=O) groups is 1. The van der Waals surface area contributed by atoms with E-state index in [2.05, 4.69) is 15.3 Å². The number of rotatable bonds is 6. The van der Waals surface area contributed by atoms with Crippen molar-refractivity contribution in [1.82, 2.24) is 19.9 Å². The van der Waals surface area contributed by atoms with E-state index in [1.807, 2.05) is 78.4 Å². The number of imidazole rings is 1. The lowest BCUT2D eigenvalue weighted by molar-refractivity contribution is 0.0936. The summed E-state index contributed by atoms with van der Waals surface area (Å²) in [6.07, 6.45) is 7.11. The van der Waals surface area contributed by atoms with E-state index in [1.165, 1.54) is 11.8 Å². The van der Waals surface area contributed by atoms with Crippen LogP contribution in [-0.2, 0) is 0 Å². The standard InChI is InChI=1S/C23H20N4OS/c1-17(18-9-11-19(12-10-18)27-15-14-24-16-27)26-22(28)21-8-5-13-25-23(21)29-20-6-3-2-4-7-20/h2-17H,1H3,(H,26,28). The molecule has 1 atom stereocenters. The van der Waals surface area contributed by atoms with Gasteiger partial charge in [-0.3, -0.25) is 4.79 Å². The molecule has 0 aliphatic carbocycles. The van der Waals surface area contributed by atoms with Crippen molar-refractivity contribution in [3.8, 4) is 5.69 Å². The molecule has 0 aliphatic rings. The van der Waals surface area contributed by atoms with Gasteiger partial charge in [0.1, 0.15) is 5.03 Å². The van der Waals surface area contributed by atoms with Crippen molar-refractivity contribution in [1.29, 1.82) is 0 Å². The highest BCUT2D eigenvalue weighted by Crippen LogP contribution is 2.28. The first-order chi connectivity index (χ1) is 14.2. The molecule has 1 unspecified atom stereocenters. The van der Waals surface area contributed by atoms with Crippen LogP contribution in [0, 0.1) is 0 Å². The van der Waals surface area contributed by atoms with E-state index in [0.717, 1.165) is 16.1 Å². The van der Waals surface area contributed by atoms with Crippen LogP contribution in [0.3, 0.4) is 0 Å². The maximum atomic E-state index is 12.9. The van der Waals surface area contributed by atoms with Crippen molar-refractivity contribution >= 4 is 17.7 Å². The third-order valence-corrected chi connectivity index (χ3v) is 5.54. The second kappa shape index (κ2) is 8.75. The number of nitrogens with one attached hydrogen (secondary N) is 1. The highest BCUT2D eigenvalue weighted by atomic mass is 32.2. The van der Waals surface area contributed by atoms with Gasteiger partial charge in [0, 0.05) is 29.2 Å². The van der Waals surface area contributed by atoms with Crippen LogP contribution in [-0.4, -0.2) is 20.4 Å². The van der Waals surface area contributed by atoms with Crippen LogP contribution in [0.15, 0.2) is 102 Å². The van der Waals surface area contributed by atoms with Gasteiger partial charge in [0.05, 0.1) is 17.9 Å². The number of hydrogen-bond acceptors (Lipinski definition) is 4. The maximum absolute atomic E-state index is 12.9. The van der Waals surface area contributed by atoms with Crippen molar-refractivity contribution in [3.63, 3.8) is 0 Å². The molecule has 0 radical (unpaired) electrons. The molecule has 29 heavy (non-hydrogen) atoms. The molecular weight excluding hydrogens is 380 g/mol. The second-order valence-corrected chi connectivity index (χ2v) is 7.59. The molecule has 0 saturated heterocycles. The zero-order valence-corrected chi connectivity index (χ0v) is 16.7. The minimum atomic E-state index is -0.136. The highest BCUT2D eigenvalue weighted by Gasteiger charge is 2.16. The third-order valence-electron chi connectivity index (χ3n) is 4.52. The Kier molecular flexibility index (Phi) is 5.72. The zero-order chi connectivity index (χ0) is 20.1. The van der Waals surface area contributed by atoms with Crippen LogP contribution < -0.4 is 5.32 Å². The summed E-state index contributed by atoms with van der Waals surface area (Å²) in [5.41, 5.74) is 2.63. The summed E-state index contributed by atoms with van der Waals surface area (Å²) in [4.78, 5) is 22.4. The van der Waals surface area contributed by atoms with Crippen LogP contribution >= 0.6 is 11.8 Å². The number of aromatic nitrogens is 3. The maximum Gasteiger partial charge on any atom is 0.254 e. The van der Waals surface area contributed by atoms with Gasteiger partial charge in [0.25, 0.3) is 5.91 Å². The summed E-state index contributed by atoms with van der Waals surface area (Å²) in [7, 11) is 0. The van der Waals surface area contributed by atoms with Crippen LogP contribution in [0.2, 0.25) is 0 Å². The van der Waals surface area contributed by atoms with Gasteiger partial charge in [0.2, 0.25) is 0 Å². The van der Waals surface area contributed by atoms with Crippen molar-refractivity contribution in [2.45, 2.75) is 22.9 Å². The Balaban J connectivity index is 1.48. The van der Waals surface area contributed by atoms with E-state index in [-0.39, 0.29) is 11.9 Å². The molecule has 2 aromatic heterocycles. The molecule has 2 heterocycles. The Labute approximate surface area is 173 Å². The molecule has 6 heteroatoms. The van der Waals surface area contributed by atoms with Crippen LogP contribution in [0.5, 0.6) is 0 Å². The minimum Gasteiger partial charge on any atom is -0.345 e. The normalized spacial score (nSPS) is 11.8. The number of amides is 1. The van der Waals surface area contributed by atoms with Gasteiger partial charge < -0.3 is 9.88 Å². The Morgan fingerprint density at radius 1 is 1.00 bits per heavy atom. The van der Waals surface area contributed by atoms with Crippen molar-refractivity contribution in [2.24, 2.45) is 0 Å². The lowest BCUT2D eigenvalue weighted by Gasteiger charge is -2.16. The molecule has 0 aliphatic heterocycles. The Bertz CT molecular complexity index is 1080. The number of nitrogens with zero attached hydrogens (tertiary/aromatic N) is 3. The highest BCUT2D eigenvalue weighted by molar-refractivity contribution is 7.99. The lowest BCUT2D eigenvalue weighted by Crippen LogP contribution is -2.27. The van der Waals surface area contributed by atoms with Gasteiger partial charge in [-0.2, -0.15) is 0 Å². The molecule has 0 bridgehead atoms. The van der Waals surface area contributed by atoms with E-state index < -0.39 is 0 Å². The van der Waals surface area contributed by atoms with Crippen LogP contribution in [0.4, 0.5) is 0 Å². The smallest absolute Gasteiger partial charge is 0.254 e. The molecule has 5 nitrogen and oxygen atoms in total. The summed E-state index contributed by atoms with van der Waals surface area (Å²) in [6, 6.07) is 21.5. The average Bonchev–Trinajstić information content (AvgIpc) is 3.30. The Hall–Kier alpha value is -3.38. The molecule has 4 aromatic rings. The van der Waals surface area contributed by atoms with Gasteiger partial charge >= 0.3 is 0 Å². The van der Waals surface area contributed by atoms with Crippen molar-refractivity contribution in [2.75, 3.05) is 0 Å². The van der Waals surface area contributed by atoms with Gasteiger partial charge in [0.15, 0.2) is 0 Å². The zero-order valence-electron chi connectivity index (χ0n) is 15.9. The summed E-state index contributed by atoms with van der Waals surface area (Å²) in [5, 5.41) is 3.77. The molecule has 0 fully saturated rings. The molecule has 4 rings (SSSR count). The fourth-order valence-corrected chi connectivity index (χ4v) is 3.85. The first-order valence-electron chi connectivity index (χ1n) is 9.28. The van der Waals surface area contributed by atoms with Gasteiger partial charge in [-0.05, 0) is 48.9 Å². The summed E-state index contributed by atoms with van der Waals surface area (Å²) < 4.78 is 1.94. The van der Waals surface area contributed by atoms with Crippen LogP contribution in [0.25, 0.3) is 5.69 Å². The summed E-state index contributed by atoms with van der Waals surface area (Å²) in [6.45, 7) is 1.98. The molecule has 144 valence electrons. The number of pyridine rings is 1. The van der Waals surface area contributed by atoms with Crippen molar-refractivity contribution < 1.29 is 4.79 Å². The summed E-state index contributed by atoms with van der Waals surface area (Å²) in [5.74, 6) is -0.136. The lowest BCUT2D eigenvalue weighted by atomic mass is 10.1. The predicted octanol–water partition coefficient (Wildman–Crippen LogP) is 4.91. The molecular formula is C23H20N4OS. The first kappa shape index (κ1) is 19.0. The average molecular weight is 401 g/mol. The van der Waals surface area contributed by atoms with Gasteiger partial charge in [-0.25, -0.2) is 9.97 Å². The summed E-state index contributed by atoms with van der Waals surface area (Å²) >= 11 is 1.49. The van der Waals surface area contributed by atoms with E-state index in [1.54, 1.807) is 24.8 Å². The topological polar surface area (TPSA) is 59.8 Å². The molecule has 1 N–H and O–H groups in total. The van der Waals surface area contributed by atoms with E-state index in [9.17, 15) is 4.79 Å². The second-order valence-electron chi connectivity index (χ2n) is 6.53. The SMILES string of the molecule is CC(NC(=O)c1cccnc1Sc1ccccc1)c1ccc(-n2ccnc2)cc1. The van der Waals surface area contributed by atoms with E-state index in [4.69, 9.17) is 0 Å². The largest absolute Gasteiger partial charge is 0.345 e. The Morgan fingerprint density at radius 3 is 2.52 bits per heavy atom. The Morgan fingerprint density at radius 2 is 1.79 bits per heavy atom. The van der Waals surface area contributed by atoms with Crippen molar-refractivity contribution in [3.05, 3.63) is 103 Å². The molecule has 1 amide bonds. The molecule has 2 aromatic carbocycles. The van der Waals surface area contributed by atoms with Gasteiger partial charge in [-0.1, -0.05) is 42.1 Å². The van der Waals surface area contributed by atoms with Gasteiger partial charge in [-0.15, -0.1) is 0 Å². The minimum absolute atomic E-state index is 0.130. The fraction of sp³-hybridized carbons (Fsp3) is 0.0870. The molecule has 0 saturated carbocycles. The quantitative estimate of drug-likeness (QED) is 0.500. The molecule has 0 spiro atoms. The number of benzene rings is 2. The third kappa shape index (κ3) is 4.55. The van der Waals surface area contributed by atoms with E-state index in [0.29, 0.717) is 10.6 Å².